The van der Waals surface area contributed by atoms with Crippen molar-refractivity contribution in [3.8, 4) is 0 Å². The highest BCUT2D eigenvalue weighted by molar-refractivity contribution is 7.89. The van der Waals surface area contributed by atoms with Crippen LogP contribution in [-0.4, -0.2) is 39.0 Å². The van der Waals surface area contributed by atoms with E-state index < -0.39 is 10.0 Å². The molecule has 0 saturated carbocycles. The molecule has 2 rings (SSSR count). The van der Waals surface area contributed by atoms with Crippen molar-refractivity contribution in [3.63, 3.8) is 0 Å². The maximum absolute atomic E-state index is 12.0. The number of nitrogens with zero attached hydrogens (tertiary/aromatic N) is 2. The Hall–Kier alpha value is -2.45. The van der Waals surface area contributed by atoms with Gasteiger partial charge in [-0.3, -0.25) is 9.98 Å². The van der Waals surface area contributed by atoms with Crippen molar-refractivity contribution in [3.05, 3.63) is 60.4 Å². The summed E-state index contributed by atoms with van der Waals surface area (Å²) >= 11 is 0. The fourth-order valence-corrected chi connectivity index (χ4v) is 3.00. The number of aromatic nitrogens is 1. The fraction of sp³-hybridized carbons (Fsp3) is 0.250. The van der Waals surface area contributed by atoms with Crippen LogP contribution in [0.25, 0.3) is 0 Å². The van der Waals surface area contributed by atoms with Gasteiger partial charge in [0.2, 0.25) is 10.0 Å². The minimum atomic E-state index is -3.50. The van der Waals surface area contributed by atoms with Crippen LogP contribution in [0, 0.1) is 0 Å². The first-order chi connectivity index (χ1) is 11.6. The summed E-state index contributed by atoms with van der Waals surface area (Å²) in [4.78, 5) is 8.53. The Morgan fingerprint density at radius 1 is 1.08 bits per heavy atom. The van der Waals surface area contributed by atoms with Crippen molar-refractivity contribution in [1.29, 1.82) is 0 Å². The van der Waals surface area contributed by atoms with Crippen LogP contribution in [-0.2, 0) is 16.4 Å². The van der Waals surface area contributed by atoms with Crippen LogP contribution in [0.1, 0.15) is 5.69 Å². The Morgan fingerprint density at radius 2 is 1.83 bits per heavy atom. The molecule has 0 radical (unpaired) electrons. The number of nitrogens with two attached hydrogens (primary N) is 1. The molecule has 1 aromatic carbocycles. The first-order valence-corrected chi connectivity index (χ1v) is 9.05. The molecule has 24 heavy (non-hydrogen) atoms. The van der Waals surface area contributed by atoms with E-state index in [1.807, 2.05) is 18.2 Å². The van der Waals surface area contributed by atoms with Crippen molar-refractivity contribution < 1.29 is 8.42 Å². The van der Waals surface area contributed by atoms with Gasteiger partial charge in [-0.2, -0.15) is 0 Å². The third-order valence-electron chi connectivity index (χ3n) is 3.15. The molecule has 0 aliphatic heterocycles. The van der Waals surface area contributed by atoms with Crippen LogP contribution in [0.15, 0.2) is 64.6 Å². The summed E-state index contributed by atoms with van der Waals surface area (Å²) < 4.78 is 26.5. The molecule has 0 fully saturated rings. The highest BCUT2D eigenvalue weighted by Gasteiger charge is 2.11. The van der Waals surface area contributed by atoms with E-state index in [9.17, 15) is 8.42 Å². The van der Waals surface area contributed by atoms with E-state index in [0.29, 0.717) is 6.54 Å². The summed E-state index contributed by atoms with van der Waals surface area (Å²) in [6.07, 6.45) is 2.48. The number of rotatable bonds is 8. The summed E-state index contributed by atoms with van der Waals surface area (Å²) in [6.45, 7) is 1.05. The van der Waals surface area contributed by atoms with Gasteiger partial charge in [0.15, 0.2) is 5.96 Å². The third kappa shape index (κ3) is 5.98. The molecule has 0 atom stereocenters. The highest BCUT2D eigenvalue weighted by atomic mass is 32.2. The van der Waals surface area contributed by atoms with Crippen LogP contribution in [0.4, 0.5) is 0 Å². The van der Waals surface area contributed by atoms with Gasteiger partial charge < -0.3 is 11.1 Å². The number of guanidine groups is 1. The largest absolute Gasteiger partial charge is 0.370 e. The van der Waals surface area contributed by atoms with E-state index in [2.05, 4.69) is 20.0 Å². The van der Waals surface area contributed by atoms with E-state index >= 15 is 0 Å². The van der Waals surface area contributed by atoms with E-state index in [0.717, 1.165) is 12.1 Å². The molecule has 0 aliphatic carbocycles. The van der Waals surface area contributed by atoms with Gasteiger partial charge >= 0.3 is 0 Å². The number of pyridine rings is 1. The Balaban J connectivity index is 1.69. The van der Waals surface area contributed by atoms with E-state index in [-0.39, 0.29) is 23.9 Å². The third-order valence-corrected chi connectivity index (χ3v) is 4.63. The van der Waals surface area contributed by atoms with Crippen molar-refractivity contribution in [1.82, 2.24) is 15.0 Å². The maximum atomic E-state index is 12.0. The Morgan fingerprint density at radius 3 is 2.54 bits per heavy atom. The average molecular weight is 347 g/mol. The molecule has 0 amide bonds. The summed E-state index contributed by atoms with van der Waals surface area (Å²) in [7, 11) is -3.50. The van der Waals surface area contributed by atoms with Crippen LogP contribution < -0.4 is 15.8 Å². The Kier molecular flexibility index (Phi) is 6.71. The molecule has 0 bridgehead atoms. The number of hydrogen-bond acceptors (Lipinski definition) is 4. The maximum Gasteiger partial charge on any atom is 0.240 e. The van der Waals surface area contributed by atoms with Crippen LogP contribution in [0.2, 0.25) is 0 Å². The fourth-order valence-electron chi connectivity index (χ4n) is 1.96. The minimum absolute atomic E-state index is 0.180. The summed E-state index contributed by atoms with van der Waals surface area (Å²) in [5.74, 6) is 0.282. The monoisotopic (exact) mass is 347 g/mol. The van der Waals surface area contributed by atoms with Gasteiger partial charge in [0, 0.05) is 31.4 Å². The van der Waals surface area contributed by atoms with Crippen molar-refractivity contribution in [2.75, 3.05) is 19.6 Å². The van der Waals surface area contributed by atoms with Crippen molar-refractivity contribution >= 4 is 16.0 Å². The van der Waals surface area contributed by atoms with E-state index in [1.54, 1.807) is 36.5 Å². The zero-order valence-electron chi connectivity index (χ0n) is 13.2. The van der Waals surface area contributed by atoms with Gasteiger partial charge in [0.25, 0.3) is 0 Å². The van der Waals surface area contributed by atoms with Crippen molar-refractivity contribution in [2.45, 2.75) is 11.3 Å². The van der Waals surface area contributed by atoms with Gasteiger partial charge in [-0.05, 0) is 24.3 Å². The molecule has 1 aromatic heterocycles. The molecule has 0 aliphatic rings. The number of sulfonamides is 1. The van der Waals surface area contributed by atoms with Gasteiger partial charge in [0.05, 0.1) is 11.4 Å². The van der Waals surface area contributed by atoms with Crippen LogP contribution >= 0.6 is 0 Å². The first-order valence-electron chi connectivity index (χ1n) is 7.56. The molecule has 1 heterocycles. The lowest BCUT2D eigenvalue weighted by Gasteiger charge is -2.07. The molecule has 7 nitrogen and oxygen atoms in total. The molecular formula is C16H21N5O2S. The molecule has 8 heteroatoms. The number of hydrogen-bond donors (Lipinski definition) is 3. The second kappa shape index (κ2) is 8.99. The molecular weight excluding hydrogens is 326 g/mol. The number of aliphatic imine (C=N–C) groups is 1. The first kappa shape index (κ1) is 17.9. The molecule has 0 spiro atoms. The zero-order chi connectivity index (χ0) is 17.3. The average Bonchev–Trinajstić information content (AvgIpc) is 2.60. The van der Waals surface area contributed by atoms with Crippen LogP contribution in [0.5, 0.6) is 0 Å². The second-order valence-electron chi connectivity index (χ2n) is 4.98. The lowest BCUT2D eigenvalue weighted by molar-refractivity contribution is 0.582. The van der Waals surface area contributed by atoms with Gasteiger partial charge in [-0.15, -0.1) is 0 Å². The predicted molar refractivity (Wildman–Crippen MR) is 94.1 cm³/mol. The normalized spacial score (nSPS) is 12.1. The quantitative estimate of drug-likeness (QED) is 0.366. The van der Waals surface area contributed by atoms with Gasteiger partial charge in [-0.1, -0.05) is 24.3 Å². The topological polar surface area (TPSA) is 109 Å². The molecule has 4 N–H and O–H groups in total. The standard InChI is InChI=1S/C16H21N5O2S/c17-16(19-11-9-14-6-4-5-10-18-14)20-12-13-21-24(22,23)15-7-2-1-3-8-15/h1-8,10,21H,9,11-13H2,(H3,17,19,20). The van der Waals surface area contributed by atoms with E-state index in [1.165, 1.54) is 0 Å². The Labute approximate surface area is 142 Å². The second-order valence-corrected chi connectivity index (χ2v) is 6.74. The highest BCUT2D eigenvalue weighted by Crippen LogP contribution is 2.06. The summed E-state index contributed by atoms with van der Waals surface area (Å²) in [6, 6.07) is 13.9. The molecule has 0 unspecified atom stereocenters. The predicted octanol–water partition coefficient (Wildman–Crippen LogP) is 0.507. The number of benzene rings is 1. The van der Waals surface area contributed by atoms with Crippen LogP contribution in [0.3, 0.4) is 0 Å². The van der Waals surface area contributed by atoms with E-state index in [4.69, 9.17) is 5.73 Å². The zero-order valence-corrected chi connectivity index (χ0v) is 14.0. The number of nitrogens with one attached hydrogen (secondary N) is 2. The summed E-state index contributed by atoms with van der Waals surface area (Å²) in [5.41, 5.74) is 6.71. The molecule has 2 aromatic rings. The SMILES string of the molecule is NC(=NCCNS(=O)(=O)c1ccccc1)NCCc1ccccn1. The lowest BCUT2D eigenvalue weighted by Crippen LogP contribution is -2.34. The molecule has 0 saturated heterocycles. The Bertz CT molecular complexity index is 749. The lowest BCUT2D eigenvalue weighted by atomic mass is 10.3. The minimum Gasteiger partial charge on any atom is -0.370 e. The summed E-state index contributed by atoms with van der Waals surface area (Å²) in [5, 5.41) is 2.97. The van der Waals surface area contributed by atoms with Gasteiger partial charge in [0.1, 0.15) is 0 Å². The van der Waals surface area contributed by atoms with Crippen molar-refractivity contribution in [2.24, 2.45) is 10.7 Å². The molecule has 128 valence electrons. The van der Waals surface area contributed by atoms with Gasteiger partial charge in [-0.25, -0.2) is 13.1 Å². The smallest absolute Gasteiger partial charge is 0.240 e.